The van der Waals surface area contributed by atoms with Gasteiger partial charge in [-0.05, 0) is 51.0 Å². The summed E-state index contributed by atoms with van der Waals surface area (Å²) in [6, 6.07) is 7.95. The third kappa shape index (κ3) is 5.31. The number of thioether (sulfide) groups is 1. The number of carbonyl (C=O) groups is 1. The fourth-order valence-electron chi connectivity index (χ4n) is 3.17. The fourth-order valence-corrected chi connectivity index (χ4v) is 3.84. The molecule has 0 saturated heterocycles. The smallest absolute Gasteiger partial charge is 0.277 e. The average Bonchev–Trinajstić information content (AvgIpc) is 3.29. The highest BCUT2D eigenvalue weighted by Crippen LogP contribution is 2.23. The third-order valence-electron chi connectivity index (χ3n) is 4.86. The molecule has 30 heavy (non-hydrogen) atoms. The Balaban J connectivity index is 1.56. The number of carbonyl (C=O) groups excluding carboxylic acids is 1. The molecule has 2 heterocycles. The summed E-state index contributed by atoms with van der Waals surface area (Å²) in [4.78, 5) is 12.7. The molecule has 0 aliphatic heterocycles. The monoisotopic (exact) mass is 429 g/mol. The summed E-state index contributed by atoms with van der Waals surface area (Å²) >= 11 is 1.23. The van der Waals surface area contributed by atoms with Crippen molar-refractivity contribution < 1.29 is 18.7 Å². The quantitative estimate of drug-likeness (QED) is 0.351. The van der Waals surface area contributed by atoms with Crippen molar-refractivity contribution in [2.24, 2.45) is 0 Å². The maximum Gasteiger partial charge on any atom is 0.277 e. The van der Waals surface area contributed by atoms with Gasteiger partial charge >= 0.3 is 0 Å². The molecular formula is C22H27N3O4S. The van der Waals surface area contributed by atoms with Crippen LogP contribution in [0.3, 0.4) is 0 Å². The summed E-state index contributed by atoms with van der Waals surface area (Å²) in [7, 11) is 1.67. The molecule has 1 aromatic carbocycles. The minimum Gasteiger partial charge on any atom is -0.484 e. The first-order valence-corrected chi connectivity index (χ1v) is 10.7. The van der Waals surface area contributed by atoms with E-state index in [1.165, 1.54) is 11.8 Å². The van der Waals surface area contributed by atoms with Crippen LogP contribution in [0.1, 0.15) is 38.8 Å². The maximum atomic E-state index is 12.7. The number of hydrogen-bond donors (Lipinski definition) is 0. The van der Waals surface area contributed by atoms with Gasteiger partial charge in [0.15, 0.2) is 12.4 Å². The lowest BCUT2D eigenvalue weighted by Crippen LogP contribution is -2.09. The summed E-state index contributed by atoms with van der Waals surface area (Å²) in [6.07, 6.45) is 0. The van der Waals surface area contributed by atoms with Gasteiger partial charge in [-0.25, -0.2) is 0 Å². The number of ketones is 1. The first-order chi connectivity index (χ1) is 14.4. The van der Waals surface area contributed by atoms with E-state index in [2.05, 4.69) is 14.8 Å². The van der Waals surface area contributed by atoms with E-state index in [1.807, 2.05) is 52.0 Å². The van der Waals surface area contributed by atoms with Gasteiger partial charge in [0.2, 0.25) is 0 Å². The molecule has 0 unspecified atom stereocenters. The Morgan fingerprint density at radius 1 is 1.17 bits per heavy atom. The van der Waals surface area contributed by atoms with E-state index >= 15 is 0 Å². The van der Waals surface area contributed by atoms with Crippen LogP contribution in [0.25, 0.3) is 0 Å². The molecule has 0 amide bonds. The lowest BCUT2D eigenvalue weighted by molar-refractivity contribution is 0.102. The largest absolute Gasteiger partial charge is 0.484 e. The zero-order chi connectivity index (χ0) is 21.7. The van der Waals surface area contributed by atoms with Crippen LogP contribution in [-0.2, 0) is 17.9 Å². The van der Waals surface area contributed by atoms with Crippen molar-refractivity contribution in [3.63, 3.8) is 0 Å². The first-order valence-electron chi connectivity index (χ1n) is 9.73. The van der Waals surface area contributed by atoms with Crippen molar-refractivity contribution in [2.45, 2.75) is 46.1 Å². The highest BCUT2D eigenvalue weighted by atomic mass is 32.2. The van der Waals surface area contributed by atoms with Gasteiger partial charge in [-0.1, -0.05) is 23.9 Å². The summed E-state index contributed by atoms with van der Waals surface area (Å²) in [5, 5.41) is 8.38. The molecule has 0 bridgehead atoms. The second kappa shape index (κ2) is 9.95. The molecule has 3 aromatic rings. The number of rotatable bonds is 10. The number of aryl methyl sites for hydroxylation is 3. The Morgan fingerprint density at radius 3 is 2.73 bits per heavy atom. The van der Waals surface area contributed by atoms with Crippen LogP contribution in [0, 0.1) is 27.7 Å². The highest BCUT2D eigenvalue weighted by molar-refractivity contribution is 7.99. The van der Waals surface area contributed by atoms with Gasteiger partial charge in [0, 0.05) is 30.6 Å². The van der Waals surface area contributed by atoms with Crippen LogP contribution in [0.5, 0.6) is 5.75 Å². The van der Waals surface area contributed by atoms with Crippen LogP contribution in [0.2, 0.25) is 0 Å². The third-order valence-corrected chi connectivity index (χ3v) is 5.68. The van der Waals surface area contributed by atoms with E-state index in [1.54, 1.807) is 7.11 Å². The highest BCUT2D eigenvalue weighted by Gasteiger charge is 2.17. The maximum absolute atomic E-state index is 12.7. The summed E-state index contributed by atoms with van der Waals surface area (Å²) < 4.78 is 18.6. The van der Waals surface area contributed by atoms with Gasteiger partial charge in [0.05, 0.1) is 12.4 Å². The molecular weight excluding hydrogens is 402 g/mol. The minimum atomic E-state index is 0.0307. The van der Waals surface area contributed by atoms with Gasteiger partial charge in [-0.2, -0.15) is 0 Å². The molecule has 2 aromatic heterocycles. The van der Waals surface area contributed by atoms with Crippen molar-refractivity contribution in [3.05, 3.63) is 58.2 Å². The molecule has 0 atom stereocenters. The predicted molar refractivity (Wildman–Crippen MR) is 115 cm³/mol. The van der Waals surface area contributed by atoms with Crippen molar-refractivity contribution in [2.75, 3.05) is 19.5 Å². The normalized spacial score (nSPS) is 11.1. The van der Waals surface area contributed by atoms with Crippen LogP contribution in [-0.4, -0.2) is 40.0 Å². The molecule has 0 radical (unpaired) electrons. The second-order valence-corrected chi connectivity index (χ2v) is 8.09. The molecule has 0 N–H and O–H groups in total. The van der Waals surface area contributed by atoms with E-state index in [-0.39, 0.29) is 18.1 Å². The molecule has 0 aliphatic carbocycles. The minimum absolute atomic E-state index is 0.0307. The van der Waals surface area contributed by atoms with E-state index in [4.69, 9.17) is 13.9 Å². The van der Waals surface area contributed by atoms with Crippen LogP contribution in [0.4, 0.5) is 0 Å². The van der Waals surface area contributed by atoms with Crippen LogP contribution in [0.15, 0.2) is 33.9 Å². The molecule has 0 saturated carbocycles. The van der Waals surface area contributed by atoms with E-state index in [9.17, 15) is 4.79 Å². The summed E-state index contributed by atoms with van der Waals surface area (Å²) in [5.74, 6) is 1.43. The van der Waals surface area contributed by atoms with Crippen molar-refractivity contribution >= 4 is 17.5 Å². The zero-order valence-corrected chi connectivity index (χ0v) is 18.8. The van der Waals surface area contributed by atoms with Gasteiger partial charge < -0.3 is 18.5 Å². The number of methoxy groups -OCH3 is 1. The van der Waals surface area contributed by atoms with Gasteiger partial charge in [-0.3, -0.25) is 4.79 Å². The van der Waals surface area contributed by atoms with Gasteiger partial charge in [0.1, 0.15) is 5.75 Å². The number of benzene rings is 1. The Kier molecular flexibility index (Phi) is 7.33. The fraction of sp³-hybridized carbons (Fsp3) is 0.409. The van der Waals surface area contributed by atoms with E-state index < -0.39 is 0 Å². The molecule has 0 aliphatic rings. The topological polar surface area (TPSA) is 79.4 Å². The van der Waals surface area contributed by atoms with Gasteiger partial charge in [-0.15, -0.1) is 10.2 Å². The van der Waals surface area contributed by atoms with Crippen molar-refractivity contribution in [1.29, 1.82) is 0 Å². The van der Waals surface area contributed by atoms with Crippen molar-refractivity contribution in [1.82, 2.24) is 14.8 Å². The summed E-state index contributed by atoms with van der Waals surface area (Å²) in [6.45, 7) is 9.46. The zero-order valence-electron chi connectivity index (χ0n) is 18.0. The Hall–Kier alpha value is -2.58. The number of Topliss-reactive ketones (excluding diaryl/α,β-unsaturated/α-hetero) is 1. The molecule has 0 spiro atoms. The number of nitrogens with zero attached hydrogens (tertiary/aromatic N) is 3. The number of hydrogen-bond acceptors (Lipinski definition) is 7. The molecule has 8 heteroatoms. The predicted octanol–water partition coefficient (Wildman–Crippen LogP) is 4.31. The first kappa shape index (κ1) is 22.1. The number of ether oxygens (including phenoxy) is 2. The lowest BCUT2D eigenvalue weighted by atomic mass is 10.1. The van der Waals surface area contributed by atoms with Crippen molar-refractivity contribution in [3.8, 4) is 5.75 Å². The average molecular weight is 430 g/mol. The Morgan fingerprint density at radius 2 is 1.97 bits per heavy atom. The van der Waals surface area contributed by atoms with E-state index in [0.717, 1.165) is 34.8 Å². The molecule has 0 fully saturated rings. The van der Waals surface area contributed by atoms with Crippen LogP contribution < -0.4 is 4.74 Å². The Bertz CT molecular complexity index is 1030. The lowest BCUT2D eigenvalue weighted by Gasteiger charge is -2.08. The van der Waals surface area contributed by atoms with Gasteiger partial charge in [0.25, 0.3) is 11.1 Å². The molecule has 7 nitrogen and oxygen atoms in total. The van der Waals surface area contributed by atoms with E-state index in [0.29, 0.717) is 23.3 Å². The number of aromatic nitrogens is 3. The SMILES string of the molecule is COCCn1c(C)cc(C(=O)CSc2nnc(COc3cc(C)ccc3C)o2)c1C. The Labute approximate surface area is 180 Å². The van der Waals surface area contributed by atoms with Crippen LogP contribution >= 0.6 is 11.8 Å². The molecule has 160 valence electrons. The molecule has 3 rings (SSSR count). The second-order valence-electron chi connectivity index (χ2n) is 7.16. The standard InChI is InChI=1S/C22H27N3O4S/c1-14-6-7-15(2)20(10-14)28-12-21-23-24-22(29-21)30-13-19(26)18-11-16(3)25(17(18)4)8-9-27-5/h6-7,10-11H,8-9,12-13H2,1-5H3. The summed E-state index contributed by atoms with van der Waals surface area (Å²) in [5.41, 5.74) is 4.87.